The Labute approximate surface area is 167 Å². The molecule has 0 saturated carbocycles. The van der Waals surface area contributed by atoms with Crippen LogP contribution in [0.25, 0.3) is 0 Å². The molecule has 2 rings (SSSR count). The van der Waals surface area contributed by atoms with Crippen molar-refractivity contribution in [3.8, 4) is 0 Å². The monoisotopic (exact) mass is 401 g/mol. The van der Waals surface area contributed by atoms with Crippen molar-refractivity contribution in [2.45, 2.75) is 45.1 Å². The number of benzene rings is 2. The highest BCUT2D eigenvalue weighted by atomic mass is 32.2. The predicted octanol–water partition coefficient (Wildman–Crippen LogP) is 3.62. The third kappa shape index (κ3) is 5.53. The molecule has 2 aromatic rings. The van der Waals surface area contributed by atoms with Crippen LogP contribution in [0.15, 0.2) is 59.0 Å². The summed E-state index contributed by atoms with van der Waals surface area (Å²) in [5.41, 5.74) is 3.70. The van der Waals surface area contributed by atoms with Crippen LogP contribution in [0, 0.1) is 20.8 Å². The average molecular weight is 402 g/mol. The van der Waals surface area contributed by atoms with Gasteiger partial charge in [0.15, 0.2) is 0 Å². The van der Waals surface area contributed by atoms with E-state index in [1.54, 1.807) is 26.8 Å². The fourth-order valence-electron chi connectivity index (χ4n) is 3.38. The lowest BCUT2D eigenvalue weighted by Gasteiger charge is -2.19. The van der Waals surface area contributed by atoms with Crippen molar-refractivity contribution in [2.75, 3.05) is 7.11 Å². The Bertz CT molecular complexity index is 956. The molecule has 0 saturated heterocycles. The minimum absolute atomic E-state index is 0.278. The maximum atomic E-state index is 13.2. The molecule has 28 heavy (non-hydrogen) atoms. The molecule has 0 bridgehead atoms. The summed E-state index contributed by atoms with van der Waals surface area (Å²) >= 11 is 0. The summed E-state index contributed by atoms with van der Waals surface area (Å²) in [5.74, 6) is -0.486. The van der Waals surface area contributed by atoms with Crippen LogP contribution in [0.5, 0.6) is 0 Å². The largest absolute Gasteiger partial charge is 0.466 e. The number of aryl methyl sites for hydroxylation is 3. The van der Waals surface area contributed by atoms with Gasteiger partial charge in [0, 0.05) is 11.6 Å². The molecule has 0 heterocycles. The number of methoxy groups -OCH3 is 1. The third-order valence-corrected chi connectivity index (χ3v) is 6.23. The van der Waals surface area contributed by atoms with E-state index in [0.717, 1.165) is 11.1 Å². The zero-order chi connectivity index (χ0) is 20.9. The summed E-state index contributed by atoms with van der Waals surface area (Å²) in [6.07, 6.45) is 2.02. The van der Waals surface area contributed by atoms with Gasteiger partial charge in [0.25, 0.3) is 0 Å². The molecule has 0 radical (unpaired) electrons. The lowest BCUT2D eigenvalue weighted by Crippen LogP contribution is -2.36. The molecule has 0 amide bonds. The van der Waals surface area contributed by atoms with E-state index in [-0.39, 0.29) is 4.90 Å². The van der Waals surface area contributed by atoms with Crippen LogP contribution in [0.2, 0.25) is 0 Å². The molecule has 150 valence electrons. The first-order valence-electron chi connectivity index (χ1n) is 9.05. The Kier molecular flexibility index (Phi) is 7.16. The fourth-order valence-corrected chi connectivity index (χ4v) is 5.02. The molecule has 6 heteroatoms. The van der Waals surface area contributed by atoms with Crippen molar-refractivity contribution in [3.05, 3.63) is 76.4 Å². The molecule has 0 fully saturated rings. The number of esters is 1. The Morgan fingerprint density at radius 1 is 1.11 bits per heavy atom. The topological polar surface area (TPSA) is 72.5 Å². The highest BCUT2D eigenvalue weighted by molar-refractivity contribution is 7.89. The van der Waals surface area contributed by atoms with Gasteiger partial charge in [0.05, 0.1) is 12.0 Å². The number of hydrogen-bond acceptors (Lipinski definition) is 4. The van der Waals surface area contributed by atoms with Crippen LogP contribution in [0.4, 0.5) is 0 Å². The van der Waals surface area contributed by atoms with Gasteiger partial charge in [-0.1, -0.05) is 54.1 Å². The van der Waals surface area contributed by atoms with Gasteiger partial charge in [0.2, 0.25) is 10.0 Å². The van der Waals surface area contributed by atoms with Gasteiger partial charge < -0.3 is 4.74 Å². The Morgan fingerprint density at radius 2 is 1.68 bits per heavy atom. The lowest BCUT2D eigenvalue weighted by atomic mass is 10.0. The minimum atomic E-state index is -3.78. The second-order valence-corrected chi connectivity index (χ2v) is 8.64. The van der Waals surface area contributed by atoms with Gasteiger partial charge in [-0.25, -0.2) is 17.9 Å². The normalized spacial score (nSPS) is 13.2. The molecule has 1 N–H and O–H groups in total. The van der Waals surface area contributed by atoms with Crippen molar-refractivity contribution < 1.29 is 17.9 Å². The highest BCUT2D eigenvalue weighted by Gasteiger charge is 2.24. The standard InChI is InChI=1S/C22H27NO4S/c1-15-11-16(2)21(17(3)12-15)28(25,26)23-20(13-18(4)22(24)27-5)14-19-9-7-6-8-10-19/h6-13,20,23H,14H2,1-5H3/b18-13+/t20-/m1/s1. The number of sulfonamides is 1. The van der Waals surface area contributed by atoms with Crippen LogP contribution in [-0.4, -0.2) is 27.5 Å². The third-order valence-electron chi connectivity index (χ3n) is 4.44. The Balaban J connectivity index is 2.42. The van der Waals surface area contributed by atoms with Gasteiger partial charge in [-0.2, -0.15) is 0 Å². The van der Waals surface area contributed by atoms with E-state index in [1.807, 2.05) is 49.4 Å². The van der Waals surface area contributed by atoms with Crippen LogP contribution >= 0.6 is 0 Å². The van der Waals surface area contributed by atoms with E-state index in [0.29, 0.717) is 23.1 Å². The smallest absolute Gasteiger partial charge is 0.333 e. The molecular weight excluding hydrogens is 374 g/mol. The first-order chi connectivity index (χ1) is 13.1. The van der Waals surface area contributed by atoms with Gasteiger partial charge in [-0.3, -0.25) is 0 Å². The summed E-state index contributed by atoms with van der Waals surface area (Å²) in [6, 6.07) is 12.6. The fraction of sp³-hybridized carbons (Fsp3) is 0.318. The van der Waals surface area contributed by atoms with Crippen LogP contribution in [-0.2, 0) is 26.0 Å². The van der Waals surface area contributed by atoms with E-state index < -0.39 is 22.0 Å². The molecular formula is C22H27NO4S. The zero-order valence-corrected chi connectivity index (χ0v) is 17.8. The number of carbonyl (C=O) groups is 1. The molecule has 0 aliphatic heterocycles. The Hall–Kier alpha value is -2.44. The van der Waals surface area contributed by atoms with Crippen molar-refractivity contribution in [1.29, 1.82) is 0 Å². The highest BCUT2D eigenvalue weighted by Crippen LogP contribution is 2.22. The van der Waals surface area contributed by atoms with Crippen LogP contribution in [0.1, 0.15) is 29.2 Å². The minimum Gasteiger partial charge on any atom is -0.466 e. The molecule has 1 atom stereocenters. The zero-order valence-electron chi connectivity index (χ0n) is 16.9. The summed E-state index contributed by atoms with van der Waals surface area (Å²) in [7, 11) is -2.48. The summed E-state index contributed by atoms with van der Waals surface area (Å²) in [5, 5.41) is 0. The number of nitrogens with one attached hydrogen (secondary N) is 1. The quantitative estimate of drug-likeness (QED) is 0.568. The van der Waals surface area contributed by atoms with Gasteiger partial charge in [0.1, 0.15) is 0 Å². The van der Waals surface area contributed by atoms with E-state index >= 15 is 0 Å². The molecule has 0 unspecified atom stereocenters. The number of carbonyl (C=O) groups excluding carboxylic acids is 1. The van der Waals surface area contributed by atoms with Crippen molar-refractivity contribution in [3.63, 3.8) is 0 Å². The summed E-state index contributed by atoms with van der Waals surface area (Å²) in [4.78, 5) is 12.1. The van der Waals surface area contributed by atoms with Crippen molar-refractivity contribution >= 4 is 16.0 Å². The summed E-state index contributed by atoms with van der Waals surface area (Å²) in [6.45, 7) is 7.12. The SMILES string of the molecule is COC(=O)/C(C)=C/[C@H](Cc1ccccc1)NS(=O)(=O)c1c(C)cc(C)cc1C. The molecule has 5 nitrogen and oxygen atoms in total. The average Bonchev–Trinajstić information content (AvgIpc) is 2.60. The second-order valence-electron chi connectivity index (χ2n) is 6.99. The van der Waals surface area contributed by atoms with Crippen molar-refractivity contribution in [1.82, 2.24) is 4.72 Å². The Morgan fingerprint density at radius 3 is 2.21 bits per heavy atom. The maximum absolute atomic E-state index is 13.2. The van der Waals surface area contributed by atoms with E-state index in [2.05, 4.69) is 4.72 Å². The van der Waals surface area contributed by atoms with Gasteiger partial charge in [-0.05, 0) is 50.8 Å². The second kappa shape index (κ2) is 9.17. The number of ether oxygens (including phenoxy) is 1. The van der Waals surface area contributed by atoms with Crippen molar-refractivity contribution in [2.24, 2.45) is 0 Å². The molecule has 0 aliphatic carbocycles. The van der Waals surface area contributed by atoms with Crippen LogP contribution in [0.3, 0.4) is 0 Å². The molecule has 0 aromatic heterocycles. The predicted molar refractivity (Wildman–Crippen MR) is 111 cm³/mol. The first-order valence-corrected chi connectivity index (χ1v) is 10.5. The number of rotatable bonds is 7. The summed E-state index contributed by atoms with van der Waals surface area (Å²) < 4.78 is 33.8. The first kappa shape index (κ1) is 21.9. The van der Waals surface area contributed by atoms with Crippen LogP contribution < -0.4 is 4.72 Å². The lowest BCUT2D eigenvalue weighted by molar-refractivity contribution is -0.136. The van der Waals surface area contributed by atoms with Gasteiger partial charge >= 0.3 is 5.97 Å². The molecule has 0 aliphatic rings. The molecule has 2 aromatic carbocycles. The van der Waals surface area contributed by atoms with Gasteiger partial charge in [-0.15, -0.1) is 0 Å². The van der Waals surface area contributed by atoms with E-state index in [1.165, 1.54) is 7.11 Å². The van der Waals surface area contributed by atoms with E-state index in [4.69, 9.17) is 4.74 Å². The maximum Gasteiger partial charge on any atom is 0.333 e. The molecule has 0 spiro atoms. The van der Waals surface area contributed by atoms with E-state index in [9.17, 15) is 13.2 Å². The number of hydrogen-bond donors (Lipinski definition) is 1.